The maximum absolute atomic E-state index is 9.57. The zero-order chi connectivity index (χ0) is 13.0. The summed E-state index contributed by atoms with van der Waals surface area (Å²) in [4.78, 5) is 0. The van der Waals surface area contributed by atoms with Crippen molar-refractivity contribution >= 4 is 16.6 Å². The Balaban J connectivity index is 2.17. The van der Waals surface area contributed by atoms with E-state index in [4.69, 9.17) is 0 Å². The van der Waals surface area contributed by atoms with Crippen molar-refractivity contribution in [3.8, 4) is 0 Å². The number of nitrogens with one attached hydrogen (secondary N) is 2. The van der Waals surface area contributed by atoms with Crippen molar-refractivity contribution in [1.82, 2.24) is 10.2 Å². The number of aliphatic hydroxyl groups excluding tert-OH is 1. The second-order valence-electron chi connectivity index (χ2n) is 4.86. The summed E-state index contributed by atoms with van der Waals surface area (Å²) in [6, 6.07) is 6.05. The van der Waals surface area contributed by atoms with Crippen molar-refractivity contribution in [3.05, 3.63) is 24.4 Å². The summed E-state index contributed by atoms with van der Waals surface area (Å²) in [7, 11) is 0. The van der Waals surface area contributed by atoms with E-state index in [9.17, 15) is 5.11 Å². The number of benzene rings is 1. The summed E-state index contributed by atoms with van der Waals surface area (Å²) in [6.45, 7) is 5.24. The van der Waals surface area contributed by atoms with E-state index in [1.165, 1.54) is 0 Å². The Morgan fingerprint density at radius 1 is 1.33 bits per heavy atom. The Bertz CT molecular complexity index is 494. The van der Waals surface area contributed by atoms with Gasteiger partial charge in [-0.3, -0.25) is 5.10 Å². The highest BCUT2D eigenvalue weighted by molar-refractivity contribution is 5.90. The number of H-pyrrole nitrogens is 1. The van der Waals surface area contributed by atoms with Gasteiger partial charge in [0, 0.05) is 23.0 Å². The fraction of sp³-hybridized carbons (Fsp3) is 0.500. The van der Waals surface area contributed by atoms with E-state index in [2.05, 4.69) is 29.4 Å². The van der Waals surface area contributed by atoms with Crippen LogP contribution in [0.1, 0.15) is 26.7 Å². The third-order valence-electron chi connectivity index (χ3n) is 3.97. The highest BCUT2D eigenvalue weighted by atomic mass is 16.3. The molecule has 4 nitrogen and oxygen atoms in total. The normalized spacial score (nSPS) is 11.9. The lowest BCUT2D eigenvalue weighted by Crippen LogP contribution is -2.32. The van der Waals surface area contributed by atoms with Crippen LogP contribution in [0, 0.1) is 5.41 Å². The molecule has 0 aliphatic carbocycles. The maximum Gasteiger partial charge on any atom is 0.0671 e. The van der Waals surface area contributed by atoms with Crippen LogP contribution in [-0.4, -0.2) is 28.5 Å². The molecule has 0 aliphatic rings. The summed E-state index contributed by atoms with van der Waals surface area (Å²) >= 11 is 0. The van der Waals surface area contributed by atoms with Crippen LogP contribution in [-0.2, 0) is 0 Å². The number of fused-ring (bicyclic) bond motifs is 1. The van der Waals surface area contributed by atoms with E-state index >= 15 is 0 Å². The molecule has 0 amide bonds. The zero-order valence-electron chi connectivity index (χ0n) is 11.0. The zero-order valence-corrected chi connectivity index (χ0v) is 11.0. The molecule has 0 saturated carbocycles. The minimum atomic E-state index is -0.0358. The highest BCUT2D eigenvalue weighted by Gasteiger charge is 2.25. The van der Waals surface area contributed by atoms with Gasteiger partial charge in [0.05, 0.1) is 18.3 Å². The van der Waals surface area contributed by atoms with E-state index in [-0.39, 0.29) is 12.0 Å². The fourth-order valence-corrected chi connectivity index (χ4v) is 2.18. The van der Waals surface area contributed by atoms with Gasteiger partial charge in [-0.15, -0.1) is 0 Å². The van der Waals surface area contributed by atoms with Crippen LogP contribution in [0.3, 0.4) is 0 Å². The van der Waals surface area contributed by atoms with E-state index in [0.717, 1.165) is 36.0 Å². The first-order valence-corrected chi connectivity index (χ1v) is 6.51. The Morgan fingerprint density at radius 3 is 2.78 bits per heavy atom. The van der Waals surface area contributed by atoms with Gasteiger partial charge >= 0.3 is 0 Å². The molecule has 0 aliphatic heterocycles. The molecule has 0 radical (unpaired) electrons. The maximum atomic E-state index is 9.57. The molecule has 0 unspecified atom stereocenters. The second kappa shape index (κ2) is 5.40. The fourth-order valence-electron chi connectivity index (χ4n) is 2.18. The summed E-state index contributed by atoms with van der Waals surface area (Å²) in [5.41, 5.74) is 2.06. The van der Waals surface area contributed by atoms with Gasteiger partial charge in [-0.1, -0.05) is 19.9 Å². The van der Waals surface area contributed by atoms with Crippen molar-refractivity contribution in [1.29, 1.82) is 0 Å². The number of aromatic nitrogens is 2. The van der Waals surface area contributed by atoms with Crippen molar-refractivity contribution < 1.29 is 5.11 Å². The van der Waals surface area contributed by atoms with Gasteiger partial charge in [-0.2, -0.15) is 5.10 Å². The Kier molecular flexibility index (Phi) is 3.87. The van der Waals surface area contributed by atoms with Crippen LogP contribution in [0.5, 0.6) is 0 Å². The molecule has 4 heteroatoms. The minimum Gasteiger partial charge on any atom is -0.396 e. The van der Waals surface area contributed by atoms with Crippen LogP contribution < -0.4 is 5.32 Å². The van der Waals surface area contributed by atoms with Gasteiger partial charge in [0.2, 0.25) is 0 Å². The number of hydrogen-bond donors (Lipinski definition) is 3. The predicted molar refractivity (Wildman–Crippen MR) is 74.7 cm³/mol. The molecular weight excluding hydrogens is 226 g/mol. The third-order valence-corrected chi connectivity index (χ3v) is 3.97. The van der Waals surface area contributed by atoms with E-state index in [1.807, 2.05) is 24.4 Å². The van der Waals surface area contributed by atoms with Crippen molar-refractivity contribution in [3.63, 3.8) is 0 Å². The smallest absolute Gasteiger partial charge is 0.0671 e. The lowest BCUT2D eigenvalue weighted by Gasteiger charge is -2.30. The largest absolute Gasteiger partial charge is 0.396 e. The first-order chi connectivity index (χ1) is 8.74. The minimum absolute atomic E-state index is 0.0358. The predicted octanol–water partition coefficient (Wildman–Crippen LogP) is 2.77. The molecule has 98 valence electrons. The number of nitrogens with zero attached hydrogens (tertiary/aromatic N) is 1. The molecule has 2 rings (SSSR count). The molecule has 0 atom stereocenters. The Morgan fingerprint density at radius 2 is 2.11 bits per heavy atom. The molecule has 2 aromatic rings. The first-order valence-electron chi connectivity index (χ1n) is 6.51. The van der Waals surface area contributed by atoms with E-state index in [0.29, 0.717) is 0 Å². The third kappa shape index (κ3) is 2.34. The number of anilines is 1. The average Bonchev–Trinajstić information content (AvgIpc) is 2.90. The van der Waals surface area contributed by atoms with Gasteiger partial charge in [-0.25, -0.2) is 0 Å². The van der Waals surface area contributed by atoms with Gasteiger partial charge in [0.15, 0.2) is 0 Å². The highest BCUT2D eigenvalue weighted by Crippen LogP contribution is 2.28. The lowest BCUT2D eigenvalue weighted by atomic mass is 9.83. The Labute approximate surface area is 107 Å². The summed E-state index contributed by atoms with van der Waals surface area (Å²) in [5, 5.41) is 21.1. The molecular formula is C14H21N3O. The quantitative estimate of drug-likeness (QED) is 0.735. The molecule has 0 saturated heterocycles. The monoisotopic (exact) mass is 247 g/mol. The second-order valence-corrected chi connectivity index (χ2v) is 4.86. The van der Waals surface area contributed by atoms with E-state index < -0.39 is 0 Å². The molecule has 18 heavy (non-hydrogen) atoms. The van der Waals surface area contributed by atoms with E-state index in [1.54, 1.807) is 0 Å². The summed E-state index contributed by atoms with van der Waals surface area (Å²) in [6.07, 6.45) is 3.76. The van der Waals surface area contributed by atoms with Crippen LogP contribution in [0.2, 0.25) is 0 Å². The van der Waals surface area contributed by atoms with Crippen LogP contribution in [0.25, 0.3) is 10.9 Å². The Hall–Kier alpha value is -1.55. The number of aliphatic hydroxyl groups is 1. The molecule has 1 aromatic heterocycles. The van der Waals surface area contributed by atoms with Crippen LogP contribution >= 0.6 is 0 Å². The van der Waals surface area contributed by atoms with Crippen LogP contribution in [0.15, 0.2) is 24.4 Å². The van der Waals surface area contributed by atoms with Crippen LogP contribution in [0.4, 0.5) is 5.69 Å². The SMILES string of the molecule is CCC(CC)(CO)CNc1cccc2[nH]ncc12. The topological polar surface area (TPSA) is 60.9 Å². The average molecular weight is 247 g/mol. The first kappa shape index (κ1) is 12.9. The van der Waals surface area contributed by atoms with Gasteiger partial charge in [-0.05, 0) is 25.0 Å². The van der Waals surface area contributed by atoms with Crippen molar-refractivity contribution in [2.24, 2.45) is 5.41 Å². The van der Waals surface area contributed by atoms with Crippen molar-refractivity contribution in [2.75, 3.05) is 18.5 Å². The van der Waals surface area contributed by atoms with Crippen molar-refractivity contribution in [2.45, 2.75) is 26.7 Å². The van der Waals surface area contributed by atoms with Gasteiger partial charge in [0.25, 0.3) is 0 Å². The molecule has 0 fully saturated rings. The molecule has 1 heterocycles. The number of aromatic amines is 1. The molecule has 0 spiro atoms. The van der Waals surface area contributed by atoms with Gasteiger partial charge < -0.3 is 10.4 Å². The lowest BCUT2D eigenvalue weighted by molar-refractivity contribution is 0.127. The summed E-state index contributed by atoms with van der Waals surface area (Å²) < 4.78 is 0. The molecule has 3 N–H and O–H groups in total. The molecule has 0 bridgehead atoms. The summed E-state index contributed by atoms with van der Waals surface area (Å²) in [5.74, 6) is 0. The number of rotatable bonds is 6. The van der Waals surface area contributed by atoms with Gasteiger partial charge in [0.1, 0.15) is 0 Å². The standard InChI is InChI=1S/C14H21N3O/c1-3-14(4-2,10-18)9-15-12-6-5-7-13-11(12)8-16-17-13/h5-8,15,18H,3-4,9-10H2,1-2H3,(H,16,17). The molecule has 1 aromatic carbocycles. The number of hydrogen-bond acceptors (Lipinski definition) is 3.